The molecule has 0 aliphatic heterocycles. The molecule has 0 saturated carbocycles. The van der Waals surface area contributed by atoms with Crippen molar-refractivity contribution in [3.8, 4) is 0 Å². The normalized spacial score (nSPS) is 14.6. The van der Waals surface area contributed by atoms with Gasteiger partial charge in [0.05, 0.1) is 0 Å². The van der Waals surface area contributed by atoms with Crippen LogP contribution in [0.4, 0.5) is 0 Å². The minimum atomic E-state index is -0.358. The predicted octanol–water partition coefficient (Wildman–Crippen LogP) is 12.7. The molecular formula is C47H93NO5. The van der Waals surface area contributed by atoms with Crippen molar-refractivity contribution in [3.63, 3.8) is 0 Å². The van der Waals surface area contributed by atoms with Crippen molar-refractivity contribution >= 4 is 11.7 Å². The van der Waals surface area contributed by atoms with Crippen molar-refractivity contribution in [2.24, 2.45) is 35.3 Å². The fourth-order valence-electron chi connectivity index (χ4n) is 8.97. The van der Waals surface area contributed by atoms with Crippen LogP contribution in [0.5, 0.6) is 0 Å². The monoisotopic (exact) mass is 752 g/mol. The molecule has 6 nitrogen and oxygen atoms in total. The summed E-state index contributed by atoms with van der Waals surface area (Å²) < 4.78 is 5.12. The Hall–Kier alpha value is -0.980. The molecular weight excluding hydrogens is 659 g/mol. The molecule has 1 amide bonds. The van der Waals surface area contributed by atoms with E-state index in [0.29, 0.717) is 31.0 Å². The molecule has 0 aliphatic carbocycles. The molecule has 0 aromatic rings. The highest BCUT2D eigenvalue weighted by Gasteiger charge is 2.38. The van der Waals surface area contributed by atoms with Gasteiger partial charge in [-0.3, -0.25) is 9.59 Å². The Bertz CT molecular complexity index is 791. The van der Waals surface area contributed by atoms with Crippen LogP contribution in [-0.4, -0.2) is 48.8 Å². The van der Waals surface area contributed by atoms with Gasteiger partial charge >= 0.3 is 0 Å². The van der Waals surface area contributed by atoms with E-state index < -0.39 is 0 Å². The lowest BCUT2D eigenvalue weighted by molar-refractivity contribution is -0.126. The number of carbonyl (C=O) groups excluding carboxylic acids is 2. The van der Waals surface area contributed by atoms with Crippen molar-refractivity contribution in [2.45, 2.75) is 233 Å². The molecule has 0 rings (SSSR count). The van der Waals surface area contributed by atoms with Gasteiger partial charge in [-0.25, -0.2) is 0 Å². The lowest BCUT2D eigenvalue weighted by Crippen LogP contribution is -2.41. The second-order valence-electron chi connectivity index (χ2n) is 16.8. The van der Waals surface area contributed by atoms with Crippen molar-refractivity contribution in [1.82, 2.24) is 0 Å². The highest BCUT2D eigenvalue weighted by Crippen LogP contribution is 2.40. The third-order valence-corrected chi connectivity index (χ3v) is 12.4. The van der Waals surface area contributed by atoms with Gasteiger partial charge < -0.3 is 20.7 Å². The van der Waals surface area contributed by atoms with Crippen LogP contribution in [0.3, 0.4) is 0 Å². The summed E-state index contributed by atoms with van der Waals surface area (Å²) in [6, 6.07) is 0. The van der Waals surface area contributed by atoms with Crippen LogP contribution in [0.15, 0.2) is 0 Å². The Morgan fingerprint density at radius 2 is 0.906 bits per heavy atom. The molecule has 0 aromatic carbocycles. The van der Waals surface area contributed by atoms with E-state index in [2.05, 4.69) is 20.8 Å². The molecule has 0 aliphatic rings. The smallest absolute Gasteiger partial charge is 0.220 e. The van der Waals surface area contributed by atoms with Gasteiger partial charge in [-0.2, -0.15) is 0 Å². The van der Waals surface area contributed by atoms with Crippen LogP contribution in [0.1, 0.15) is 233 Å². The number of ketones is 1. The third kappa shape index (κ3) is 29.0. The van der Waals surface area contributed by atoms with Crippen molar-refractivity contribution in [1.29, 1.82) is 0 Å². The van der Waals surface area contributed by atoms with Gasteiger partial charge in [0, 0.05) is 45.7 Å². The van der Waals surface area contributed by atoms with Gasteiger partial charge in [0.2, 0.25) is 5.91 Å². The number of nitrogens with two attached hydrogens (primary N) is 1. The number of hydrogen-bond acceptors (Lipinski definition) is 5. The highest BCUT2D eigenvalue weighted by atomic mass is 16.5. The zero-order valence-corrected chi connectivity index (χ0v) is 36.0. The number of Topliss-reactive ketones (excluding diaryl/α,β-unsaturated/α-hetero) is 1. The molecule has 0 radical (unpaired) electrons. The number of carbonyl (C=O) groups is 2. The summed E-state index contributed by atoms with van der Waals surface area (Å²) in [5.41, 5.74) is 5.93. The highest BCUT2D eigenvalue weighted by molar-refractivity contribution is 5.78. The van der Waals surface area contributed by atoms with Gasteiger partial charge in [-0.1, -0.05) is 188 Å². The van der Waals surface area contributed by atoms with Crippen LogP contribution < -0.4 is 5.73 Å². The second-order valence-corrected chi connectivity index (χ2v) is 16.8. The SMILES string of the molecule is CCCCCC(C(N)=O)C(CO)C(CCCCCC(=O)CCCCCCCCCCCCCCCCCCCCCCOC)C(CO)C(CC)CCC. The Balaban J connectivity index is 4.13. The predicted molar refractivity (Wildman–Crippen MR) is 227 cm³/mol. The average molecular weight is 752 g/mol. The number of ether oxygens (including phenoxy) is 1. The lowest BCUT2D eigenvalue weighted by Gasteiger charge is -2.39. The largest absolute Gasteiger partial charge is 0.396 e. The Morgan fingerprint density at radius 1 is 0.491 bits per heavy atom. The summed E-state index contributed by atoms with van der Waals surface area (Å²) in [7, 11) is 1.79. The van der Waals surface area contributed by atoms with Gasteiger partial charge in [-0.15, -0.1) is 0 Å². The Kier molecular flexibility index (Phi) is 38.5. The van der Waals surface area contributed by atoms with Crippen LogP contribution in [0, 0.1) is 29.6 Å². The fourth-order valence-corrected chi connectivity index (χ4v) is 8.97. The maximum atomic E-state index is 12.6. The first kappa shape index (κ1) is 52.0. The van der Waals surface area contributed by atoms with Gasteiger partial charge in [-0.05, 0) is 55.8 Å². The van der Waals surface area contributed by atoms with E-state index in [-0.39, 0.29) is 42.8 Å². The van der Waals surface area contributed by atoms with Crippen LogP contribution >= 0.6 is 0 Å². The molecule has 0 fully saturated rings. The summed E-state index contributed by atoms with van der Waals surface area (Å²) in [6.45, 7) is 7.45. The number of amides is 1. The van der Waals surface area contributed by atoms with E-state index in [1.807, 2.05) is 0 Å². The summed E-state index contributed by atoms with van der Waals surface area (Å²) in [5, 5.41) is 21.2. The van der Waals surface area contributed by atoms with E-state index in [9.17, 15) is 19.8 Å². The first-order chi connectivity index (χ1) is 25.9. The number of methoxy groups -OCH3 is 1. The zero-order chi connectivity index (χ0) is 39.2. The molecule has 0 saturated heterocycles. The molecule has 6 heteroatoms. The molecule has 0 bridgehead atoms. The number of unbranched alkanes of at least 4 members (excludes halogenated alkanes) is 23. The summed E-state index contributed by atoms with van der Waals surface area (Å²) in [4.78, 5) is 25.3. The number of rotatable bonds is 43. The average Bonchev–Trinajstić information content (AvgIpc) is 3.15. The van der Waals surface area contributed by atoms with Crippen LogP contribution in [0.2, 0.25) is 0 Å². The summed E-state index contributed by atoms with van der Waals surface area (Å²) >= 11 is 0. The van der Waals surface area contributed by atoms with Crippen LogP contribution in [0.25, 0.3) is 0 Å². The lowest BCUT2D eigenvalue weighted by atomic mass is 9.66. The van der Waals surface area contributed by atoms with E-state index in [4.69, 9.17) is 10.5 Å². The van der Waals surface area contributed by atoms with Crippen molar-refractivity contribution in [2.75, 3.05) is 26.9 Å². The van der Waals surface area contributed by atoms with E-state index in [1.54, 1.807) is 7.11 Å². The minimum absolute atomic E-state index is 0.0537. The van der Waals surface area contributed by atoms with Crippen molar-refractivity contribution < 1.29 is 24.5 Å². The number of aliphatic hydroxyl groups excluding tert-OH is 2. The standard InChI is InChI=1S/C47H93NO5/c1-5-8-28-37-44(47(48)52)46(40-50)43(45(39-49)41(7-3)33-6-2)36-31-27-30-35-42(51)34-29-25-23-21-19-17-15-13-11-9-10-12-14-16-18-20-22-24-26-32-38-53-4/h41,43-46,49-50H,5-40H2,1-4H3,(H2,48,52). The zero-order valence-electron chi connectivity index (χ0n) is 36.0. The topological polar surface area (TPSA) is 110 Å². The number of hydrogen-bond donors (Lipinski definition) is 3. The van der Waals surface area contributed by atoms with Gasteiger partial charge in [0.25, 0.3) is 0 Å². The summed E-state index contributed by atoms with van der Waals surface area (Å²) in [5.74, 6) is -0.0258. The second kappa shape index (κ2) is 39.3. The van der Waals surface area contributed by atoms with Gasteiger partial charge in [0.15, 0.2) is 0 Å². The molecule has 0 aromatic heterocycles. The Labute approximate surface area is 330 Å². The first-order valence-electron chi connectivity index (χ1n) is 23.4. The Morgan fingerprint density at radius 3 is 1.28 bits per heavy atom. The number of primary amides is 1. The molecule has 5 unspecified atom stereocenters. The first-order valence-corrected chi connectivity index (χ1v) is 23.4. The van der Waals surface area contributed by atoms with Crippen LogP contribution in [-0.2, 0) is 14.3 Å². The van der Waals surface area contributed by atoms with E-state index >= 15 is 0 Å². The van der Waals surface area contributed by atoms with E-state index in [0.717, 1.165) is 77.2 Å². The van der Waals surface area contributed by atoms with Gasteiger partial charge in [0.1, 0.15) is 5.78 Å². The molecule has 0 heterocycles. The van der Waals surface area contributed by atoms with Crippen molar-refractivity contribution in [3.05, 3.63) is 0 Å². The minimum Gasteiger partial charge on any atom is -0.396 e. The molecule has 0 spiro atoms. The molecule has 5 atom stereocenters. The summed E-state index contributed by atoms with van der Waals surface area (Å²) in [6.07, 6.45) is 38.8. The third-order valence-electron chi connectivity index (χ3n) is 12.4. The maximum Gasteiger partial charge on any atom is 0.220 e. The molecule has 4 N–H and O–H groups in total. The molecule has 316 valence electrons. The maximum absolute atomic E-state index is 12.6. The fraction of sp³-hybridized carbons (Fsp3) is 0.957. The van der Waals surface area contributed by atoms with E-state index in [1.165, 1.54) is 122 Å². The quantitative estimate of drug-likeness (QED) is 0.0537. The number of aliphatic hydroxyl groups is 2. The molecule has 53 heavy (non-hydrogen) atoms.